The zero-order valence-corrected chi connectivity index (χ0v) is 16.3. The second-order valence-electron chi connectivity index (χ2n) is 6.63. The summed E-state index contributed by atoms with van der Waals surface area (Å²) in [6.45, 7) is 7.71. The number of hydrogen-bond donors (Lipinski definition) is 2. The smallest absolute Gasteiger partial charge is 0.315 e. The van der Waals surface area contributed by atoms with Crippen molar-refractivity contribution in [3.05, 3.63) is 59.3 Å². The van der Waals surface area contributed by atoms with Gasteiger partial charge in [0.1, 0.15) is 0 Å². The molecule has 0 aliphatic carbocycles. The predicted molar refractivity (Wildman–Crippen MR) is 107 cm³/mol. The molecular weight excluding hydrogens is 356 g/mol. The van der Waals surface area contributed by atoms with Crippen molar-refractivity contribution in [3.63, 3.8) is 0 Å². The number of carbonyl (C=O) groups excluding carboxylic acids is 1. The number of ether oxygens (including phenoxy) is 2. The summed E-state index contributed by atoms with van der Waals surface area (Å²) >= 11 is 0. The molecule has 1 aromatic heterocycles. The van der Waals surface area contributed by atoms with Gasteiger partial charge in [0.05, 0.1) is 19.8 Å². The van der Waals surface area contributed by atoms with Crippen LogP contribution in [0.3, 0.4) is 0 Å². The molecule has 2 aromatic rings. The fourth-order valence-corrected chi connectivity index (χ4v) is 3.09. The van der Waals surface area contributed by atoms with Gasteiger partial charge in [0.2, 0.25) is 5.88 Å². The molecule has 1 aromatic carbocycles. The number of rotatable bonds is 8. The SMILES string of the molecule is CCOc1cc(CNC(=O)NCc2ccccc2CN2CCOCC2)ccn1. The molecule has 1 saturated heterocycles. The van der Waals surface area contributed by atoms with E-state index < -0.39 is 0 Å². The van der Waals surface area contributed by atoms with Crippen LogP contribution in [0.2, 0.25) is 0 Å². The Morgan fingerprint density at radius 2 is 1.89 bits per heavy atom. The monoisotopic (exact) mass is 384 g/mol. The number of amides is 2. The zero-order chi connectivity index (χ0) is 19.6. The molecule has 1 aliphatic rings. The number of urea groups is 1. The van der Waals surface area contributed by atoms with Crippen molar-refractivity contribution in [3.8, 4) is 5.88 Å². The molecule has 2 amide bonds. The topological polar surface area (TPSA) is 75.7 Å². The van der Waals surface area contributed by atoms with E-state index in [2.05, 4.69) is 32.7 Å². The van der Waals surface area contributed by atoms with Crippen molar-refractivity contribution in [1.82, 2.24) is 20.5 Å². The van der Waals surface area contributed by atoms with Crippen LogP contribution < -0.4 is 15.4 Å². The van der Waals surface area contributed by atoms with Crippen molar-refractivity contribution >= 4 is 6.03 Å². The highest BCUT2D eigenvalue weighted by Crippen LogP contribution is 2.13. The third-order valence-electron chi connectivity index (χ3n) is 4.60. The maximum Gasteiger partial charge on any atom is 0.315 e. The number of nitrogens with zero attached hydrogens (tertiary/aromatic N) is 2. The molecule has 7 nitrogen and oxygen atoms in total. The molecule has 0 atom stereocenters. The summed E-state index contributed by atoms with van der Waals surface area (Å²) < 4.78 is 10.8. The van der Waals surface area contributed by atoms with Gasteiger partial charge in [0.15, 0.2) is 0 Å². The van der Waals surface area contributed by atoms with Crippen molar-refractivity contribution < 1.29 is 14.3 Å². The van der Waals surface area contributed by atoms with Gasteiger partial charge in [-0.1, -0.05) is 24.3 Å². The van der Waals surface area contributed by atoms with Gasteiger partial charge < -0.3 is 20.1 Å². The van der Waals surface area contributed by atoms with E-state index in [1.165, 1.54) is 5.56 Å². The van der Waals surface area contributed by atoms with Crippen molar-refractivity contribution in [2.45, 2.75) is 26.6 Å². The van der Waals surface area contributed by atoms with Gasteiger partial charge >= 0.3 is 6.03 Å². The van der Waals surface area contributed by atoms with Gasteiger partial charge in [0, 0.05) is 45.0 Å². The maximum atomic E-state index is 12.2. The molecule has 150 valence electrons. The van der Waals surface area contributed by atoms with E-state index in [9.17, 15) is 4.79 Å². The predicted octanol–water partition coefficient (Wildman–Crippen LogP) is 2.31. The van der Waals surface area contributed by atoms with Gasteiger partial charge in [0.25, 0.3) is 0 Å². The highest BCUT2D eigenvalue weighted by Gasteiger charge is 2.13. The number of nitrogens with one attached hydrogen (secondary N) is 2. The van der Waals surface area contributed by atoms with E-state index in [0.717, 1.165) is 44.0 Å². The lowest BCUT2D eigenvalue weighted by molar-refractivity contribution is 0.0341. The summed E-state index contributed by atoms with van der Waals surface area (Å²) in [5.41, 5.74) is 3.31. The highest BCUT2D eigenvalue weighted by molar-refractivity contribution is 5.73. The van der Waals surface area contributed by atoms with E-state index in [1.54, 1.807) is 6.20 Å². The minimum atomic E-state index is -0.198. The van der Waals surface area contributed by atoms with Crippen molar-refractivity contribution in [2.75, 3.05) is 32.9 Å². The van der Waals surface area contributed by atoms with Gasteiger partial charge in [-0.15, -0.1) is 0 Å². The fraction of sp³-hybridized carbons (Fsp3) is 0.429. The fourth-order valence-electron chi connectivity index (χ4n) is 3.09. The normalized spacial score (nSPS) is 14.5. The van der Waals surface area contributed by atoms with E-state index in [4.69, 9.17) is 9.47 Å². The Morgan fingerprint density at radius 1 is 1.14 bits per heavy atom. The van der Waals surface area contributed by atoms with Gasteiger partial charge in [-0.25, -0.2) is 9.78 Å². The van der Waals surface area contributed by atoms with Crippen LogP contribution in [0, 0.1) is 0 Å². The highest BCUT2D eigenvalue weighted by atomic mass is 16.5. The minimum Gasteiger partial charge on any atom is -0.478 e. The average Bonchev–Trinajstić information content (AvgIpc) is 2.73. The third kappa shape index (κ3) is 6.21. The van der Waals surface area contributed by atoms with Gasteiger partial charge in [-0.3, -0.25) is 4.90 Å². The Morgan fingerprint density at radius 3 is 2.68 bits per heavy atom. The molecule has 2 N–H and O–H groups in total. The molecule has 1 fully saturated rings. The molecule has 0 radical (unpaired) electrons. The molecule has 3 rings (SSSR count). The molecular formula is C21H28N4O3. The van der Waals surface area contributed by atoms with E-state index in [0.29, 0.717) is 25.6 Å². The van der Waals surface area contributed by atoms with Crippen LogP contribution in [-0.2, 0) is 24.4 Å². The van der Waals surface area contributed by atoms with Crippen molar-refractivity contribution in [2.24, 2.45) is 0 Å². The lowest BCUT2D eigenvalue weighted by Gasteiger charge is -2.27. The van der Waals surface area contributed by atoms with E-state index in [1.807, 2.05) is 31.2 Å². The van der Waals surface area contributed by atoms with Crippen molar-refractivity contribution in [1.29, 1.82) is 0 Å². The largest absolute Gasteiger partial charge is 0.478 e. The first kappa shape index (κ1) is 20.1. The Kier molecular flexibility index (Phi) is 7.63. The molecule has 1 aliphatic heterocycles. The number of benzene rings is 1. The van der Waals surface area contributed by atoms with Crippen LogP contribution in [-0.4, -0.2) is 48.8 Å². The minimum absolute atomic E-state index is 0.198. The lowest BCUT2D eigenvalue weighted by Crippen LogP contribution is -2.37. The van der Waals surface area contributed by atoms with Gasteiger partial charge in [-0.2, -0.15) is 0 Å². The third-order valence-corrected chi connectivity index (χ3v) is 4.60. The first-order valence-electron chi connectivity index (χ1n) is 9.71. The van der Waals surface area contributed by atoms with E-state index in [-0.39, 0.29) is 6.03 Å². The number of aromatic nitrogens is 1. The van der Waals surface area contributed by atoms with Crippen LogP contribution >= 0.6 is 0 Å². The molecule has 0 unspecified atom stereocenters. The summed E-state index contributed by atoms with van der Waals surface area (Å²) in [4.78, 5) is 18.7. The number of hydrogen-bond acceptors (Lipinski definition) is 5. The summed E-state index contributed by atoms with van der Waals surface area (Å²) in [7, 11) is 0. The zero-order valence-electron chi connectivity index (χ0n) is 16.3. The Balaban J connectivity index is 1.48. The molecule has 7 heteroatoms. The first-order chi connectivity index (χ1) is 13.7. The quantitative estimate of drug-likeness (QED) is 0.731. The Hall–Kier alpha value is -2.64. The van der Waals surface area contributed by atoms with Crippen LogP contribution in [0.1, 0.15) is 23.6 Å². The number of pyridine rings is 1. The number of morpholine rings is 1. The average molecular weight is 384 g/mol. The molecule has 0 bridgehead atoms. The summed E-state index contributed by atoms with van der Waals surface area (Å²) in [5.74, 6) is 0.569. The first-order valence-corrected chi connectivity index (χ1v) is 9.71. The second kappa shape index (κ2) is 10.6. The van der Waals surface area contributed by atoms with Gasteiger partial charge in [-0.05, 0) is 29.7 Å². The maximum absolute atomic E-state index is 12.2. The molecule has 2 heterocycles. The molecule has 28 heavy (non-hydrogen) atoms. The summed E-state index contributed by atoms with van der Waals surface area (Å²) in [6.07, 6.45) is 1.68. The van der Waals surface area contributed by atoms with Crippen LogP contribution in [0.4, 0.5) is 4.79 Å². The Labute approximate surface area is 166 Å². The second-order valence-corrected chi connectivity index (χ2v) is 6.63. The lowest BCUT2D eigenvalue weighted by atomic mass is 10.1. The molecule has 0 spiro atoms. The number of carbonyl (C=O) groups is 1. The summed E-state index contributed by atoms with van der Waals surface area (Å²) in [5, 5.41) is 5.83. The van der Waals surface area contributed by atoms with Crippen LogP contribution in [0.5, 0.6) is 5.88 Å². The molecule has 0 saturated carbocycles. The van der Waals surface area contributed by atoms with Crippen LogP contribution in [0.25, 0.3) is 0 Å². The Bertz CT molecular complexity index is 763. The standard InChI is InChI=1S/C21H28N4O3/c1-2-28-20-13-17(7-8-22-20)14-23-21(26)24-15-18-5-3-4-6-19(18)16-25-9-11-27-12-10-25/h3-8,13H,2,9-12,14-16H2,1H3,(H2,23,24,26). The van der Waals surface area contributed by atoms with E-state index >= 15 is 0 Å². The van der Waals surface area contributed by atoms with Crippen LogP contribution in [0.15, 0.2) is 42.6 Å². The summed E-state index contributed by atoms with van der Waals surface area (Å²) in [6, 6.07) is 11.7.